The molecule has 2 heterocycles. The highest BCUT2D eigenvalue weighted by molar-refractivity contribution is 6.30. The first-order chi connectivity index (χ1) is 18.3. The Morgan fingerprint density at radius 2 is 1.66 bits per heavy atom. The standard InChI is InChI=1S/C28H27ClF3N3O3/c29-22-6-10-24(11-7-22)38-23-8-4-19(5-9-23)26(34-12-14-37-15-13-34)18-35-25(17-33-27(35)36)20-2-1-3-21(16-20)28(30,31)32/h1-11,16,25-26H,12-15,17-18H2,(H,33,36). The molecule has 5 rings (SSSR count). The lowest BCUT2D eigenvalue weighted by atomic mass is 10.00. The molecule has 0 saturated carbocycles. The third kappa shape index (κ3) is 6.06. The van der Waals surface area contributed by atoms with Crippen molar-refractivity contribution in [3.05, 3.63) is 94.5 Å². The van der Waals surface area contributed by atoms with Gasteiger partial charge in [-0.2, -0.15) is 13.2 Å². The molecule has 2 atom stereocenters. The minimum atomic E-state index is -4.46. The van der Waals surface area contributed by atoms with Crippen LogP contribution in [-0.2, 0) is 10.9 Å². The first kappa shape index (κ1) is 26.3. The molecule has 2 saturated heterocycles. The quantitative estimate of drug-likeness (QED) is 0.379. The molecule has 2 amide bonds. The molecule has 2 fully saturated rings. The van der Waals surface area contributed by atoms with Crippen molar-refractivity contribution in [3.8, 4) is 11.5 Å². The SMILES string of the molecule is O=C1NCC(c2cccc(C(F)(F)F)c2)N1CC(c1ccc(Oc2ccc(Cl)cc2)cc1)N1CCOCC1. The van der Waals surface area contributed by atoms with Crippen LogP contribution in [0.5, 0.6) is 11.5 Å². The van der Waals surface area contributed by atoms with E-state index in [2.05, 4.69) is 10.2 Å². The van der Waals surface area contributed by atoms with E-state index < -0.39 is 17.8 Å². The highest BCUT2D eigenvalue weighted by Gasteiger charge is 2.37. The van der Waals surface area contributed by atoms with Gasteiger partial charge in [0.2, 0.25) is 0 Å². The molecule has 10 heteroatoms. The Kier molecular flexibility index (Phi) is 7.78. The van der Waals surface area contributed by atoms with Gasteiger partial charge in [0.05, 0.1) is 30.9 Å². The lowest BCUT2D eigenvalue weighted by Crippen LogP contribution is -2.45. The van der Waals surface area contributed by atoms with Crippen LogP contribution in [0.15, 0.2) is 72.8 Å². The largest absolute Gasteiger partial charge is 0.457 e. The van der Waals surface area contributed by atoms with Gasteiger partial charge < -0.3 is 19.7 Å². The first-order valence-corrected chi connectivity index (χ1v) is 12.7. The van der Waals surface area contributed by atoms with E-state index in [-0.39, 0.29) is 18.6 Å². The number of hydrogen-bond donors (Lipinski definition) is 1. The maximum Gasteiger partial charge on any atom is 0.416 e. The number of ether oxygens (including phenoxy) is 2. The molecule has 3 aromatic carbocycles. The second kappa shape index (κ2) is 11.2. The van der Waals surface area contributed by atoms with Crippen molar-refractivity contribution in [1.82, 2.24) is 15.1 Å². The van der Waals surface area contributed by atoms with Gasteiger partial charge in [-0.05, 0) is 59.7 Å². The van der Waals surface area contributed by atoms with Crippen molar-refractivity contribution in [3.63, 3.8) is 0 Å². The predicted molar refractivity (Wildman–Crippen MR) is 137 cm³/mol. The molecule has 0 radical (unpaired) electrons. The van der Waals surface area contributed by atoms with Crippen LogP contribution in [0.1, 0.15) is 28.8 Å². The predicted octanol–water partition coefficient (Wildman–Crippen LogP) is 6.29. The first-order valence-electron chi connectivity index (χ1n) is 12.3. The molecule has 0 spiro atoms. The maximum atomic E-state index is 13.4. The monoisotopic (exact) mass is 545 g/mol. The lowest BCUT2D eigenvalue weighted by Gasteiger charge is -2.38. The van der Waals surface area contributed by atoms with E-state index >= 15 is 0 Å². The van der Waals surface area contributed by atoms with Gasteiger partial charge in [0.15, 0.2) is 0 Å². The van der Waals surface area contributed by atoms with Gasteiger partial charge in [-0.15, -0.1) is 0 Å². The Morgan fingerprint density at radius 1 is 1.00 bits per heavy atom. The molecule has 38 heavy (non-hydrogen) atoms. The minimum absolute atomic E-state index is 0.180. The average Bonchev–Trinajstić information content (AvgIpc) is 3.29. The van der Waals surface area contributed by atoms with Crippen molar-refractivity contribution >= 4 is 17.6 Å². The number of amides is 2. The topological polar surface area (TPSA) is 54.0 Å². The summed E-state index contributed by atoms with van der Waals surface area (Å²) in [6.07, 6.45) is -4.46. The summed E-state index contributed by atoms with van der Waals surface area (Å²) in [7, 11) is 0. The Labute approximate surface area is 223 Å². The van der Waals surface area contributed by atoms with Crippen LogP contribution in [0.4, 0.5) is 18.0 Å². The Morgan fingerprint density at radius 3 is 2.32 bits per heavy atom. The van der Waals surface area contributed by atoms with E-state index in [1.807, 2.05) is 24.3 Å². The molecule has 2 unspecified atom stereocenters. The number of alkyl halides is 3. The molecule has 6 nitrogen and oxygen atoms in total. The summed E-state index contributed by atoms with van der Waals surface area (Å²) >= 11 is 5.95. The van der Waals surface area contributed by atoms with Gasteiger partial charge in [0.1, 0.15) is 11.5 Å². The fourth-order valence-corrected chi connectivity index (χ4v) is 5.00. The zero-order valence-corrected chi connectivity index (χ0v) is 21.2. The zero-order chi connectivity index (χ0) is 26.7. The number of urea groups is 1. The van der Waals surface area contributed by atoms with Crippen molar-refractivity contribution in [2.45, 2.75) is 18.3 Å². The molecule has 2 aliphatic heterocycles. The fourth-order valence-electron chi connectivity index (χ4n) is 4.87. The van der Waals surface area contributed by atoms with E-state index in [4.69, 9.17) is 21.1 Å². The third-order valence-electron chi connectivity index (χ3n) is 6.85. The number of halogens is 4. The summed E-state index contributed by atoms with van der Waals surface area (Å²) in [4.78, 5) is 16.8. The van der Waals surface area contributed by atoms with E-state index in [9.17, 15) is 18.0 Å². The smallest absolute Gasteiger partial charge is 0.416 e. The van der Waals surface area contributed by atoms with E-state index in [1.54, 1.807) is 35.2 Å². The maximum absolute atomic E-state index is 13.4. The van der Waals surface area contributed by atoms with Gasteiger partial charge in [-0.25, -0.2) is 4.79 Å². The normalized spacial score (nSPS) is 19.3. The molecule has 1 N–H and O–H groups in total. The Balaban J connectivity index is 1.39. The second-order valence-corrected chi connectivity index (χ2v) is 9.70. The number of carbonyl (C=O) groups is 1. The lowest BCUT2D eigenvalue weighted by molar-refractivity contribution is -0.137. The highest BCUT2D eigenvalue weighted by atomic mass is 35.5. The van der Waals surface area contributed by atoms with Crippen molar-refractivity contribution in [2.24, 2.45) is 0 Å². The highest BCUT2D eigenvalue weighted by Crippen LogP contribution is 2.35. The van der Waals surface area contributed by atoms with Gasteiger partial charge in [0, 0.05) is 31.2 Å². The van der Waals surface area contributed by atoms with Crippen LogP contribution in [0, 0.1) is 0 Å². The van der Waals surface area contributed by atoms with Crippen molar-refractivity contribution < 1.29 is 27.4 Å². The van der Waals surface area contributed by atoms with Gasteiger partial charge in [-0.3, -0.25) is 4.90 Å². The molecular weight excluding hydrogens is 519 g/mol. The number of rotatable bonds is 7. The minimum Gasteiger partial charge on any atom is -0.457 e. The second-order valence-electron chi connectivity index (χ2n) is 9.27. The van der Waals surface area contributed by atoms with Crippen LogP contribution in [0.25, 0.3) is 0 Å². The number of benzene rings is 3. The van der Waals surface area contributed by atoms with Crippen LogP contribution in [0.2, 0.25) is 5.02 Å². The number of hydrogen-bond acceptors (Lipinski definition) is 4. The number of nitrogens with zero attached hydrogens (tertiary/aromatic N) is 2. The number of nitrogens with one attached hydrogen (secondary N) is 1. The summed E-state index contributed by atoms with van der Waals surface area (Å²) in [6.45, 7) is 3.04. The molecular formula is C28H27ClF3N3O3. The van der Waals surface area contributed by atoms with Gasteiger partial charge >= 0.3 is 12.2 Å². The average molecular weight is 546 g/mol. The summed E-state index contributed by atoms with van der Waals surface area (Å²) in [5, 5.41) is 3.43. The summed E-state index contributed by atoms with van der Waals surface area (Å²) < 4.78 is 51.5. The molecule has 200 valence electrons. The van der Waals surface area contributed by atoms with Crippen LogP contribution in [0.3, 0.4) is 0 Å². The Hall–Kier alpha value is -3.27. The molecule has 0 aliphatic carbocycles. The number of carbonyl (C=O) groups excluding carboxylic acids is 1. The van der Waals surface area contributed by atoms with Crippen LogP contribution < -0.4 is 10.1 Å². The molecule has 2 aliphatic rings. The summed E-state index contributed by atoms with van der Waals surface area (Å²) in [6, 6.07) is 18.9. The van der Waals surface area contributed by atoms with Gasteiger partial charge in [-0.1, -0.05) is 35.9 Å². The molecule has 3 aromatic rings. The van der Waals surface area contributed by atoms with E-state index in [1.165, 1.54) is 6.07 Å². The van der Waals surface area contributed by atoms with Crippen LogP contribution in [-0.4, -0.2) is 55.2 Å². The summed E-state index contributed by atoms with van der Waals surface area (Å²) in [5.74, 6) is 1.31. The van der Waals surface area contributed by atoms with E-state index in [0.29, 0.717) is 54.9 Å². The fraction of sp³-hybridized carbons (Fsp3) is 0.321. The van der Waals surface area contributed by atoms with Gasteiger partial charge in [0.25, 0.3) is 0 Å². The Bertz CT molecular complexity index is 1250. The third-order valence-corrected chi connectivity index (χ3v) is 7.10. The zero-order valence-electron chi connectivity index (χ0n) is 20.5. The van der Waals surface area contributed by atoms with Crippen LogP contribution >= 0.6 is 11.6 Å². The molecule has 0 aromatic heterocycles. The molecule has 0 bridgehead atoms. The summed E-state index contributed by atoms with van der Waals surface area (Å²) in [5.41, 5.74) is 0.693. The van der Waals surface area contributed by atoms with E-state index in [0.717, 1.165) is 17.7 Å². The van der Waals surface area contributed by atoms with Crippen molar-refractivity contribution in [2.75, 3.05) is 39.4 Å². The van der Waals surface area contributed by atoms with Crippen molar-refractivity contribution in [1.29, 1.82) is 0 Å². The number of morpholine rings is 1.